The average molecular weight is 324 g/mol. The number of aromatic carboxylic acids is 1. The Labute approximate surface area is 143 Å². The molecule has 126 valence electrons. The molecule has 0 aromatic heterocycles. The summed E-state index contributed by atoms with van der Waals surface area (Å²) in [7, 11) is 0. The van der Waals surface area contributed by atoms with Crippen LogP contribution < -0.4 is 5.32 Å². The second kappa shape index (κ2) is 8.08. The first-order valence-corrected chi connectivity index (χ1v) is 8.54. The summed E-state index contributed by atoms with van der Waals surface area (Å²) in [6, 6.07) is 15.8. The average Bonchev–Trinajstić information content (AvgIpc) is 3.10. The maximum atomic E-state index is 11.0. The van der Waals surface area contributed by atoms with Crippen LogP contribution in [0.15, 0.2) is 48.5 Å². The van der Waals surface area contributed by atoms with E-state index in [1.165, 1.54) is 37.1 Å². The van der Waals surface area contributed by atoms with Crippen molar-refractivity contribution in [2.24, 2.45) is 0 Å². The summed E-state index contributed by atoms with van der Waals surface area (Å²) in [5, 5.41) is 12.4. The van der Waals surface area contributed by atoms with Crippen molar-refractivity contribution in [3.05, 3.63) is 70.8 Å². The second-order valence-corrected chi connectivity index (χ2v) is 6.41. The molecule has 0 aliphatic carbocycles. The number of benzene rings is 2. The Morgan fingerprint density at radius 2 is 1.62 bits per heavy atom. The second-order valence-electron chi connectivity index (χ2n) is 6.41. The van der Waals surface area contributed by atoms with Crippen LogP contribution in [0.25, 0.3) is 0 Å². The maximum Gasteiger partial charge on any atom is 0.335 e. The van der Waals surface area contributed by atoms with Crippen molar-refractivity contribution in [2.75, 3.05) is 13.1 Å². The molecule has 2 N–H and O–H groups in total. The molecule has 0 unspecified atom stereocenters. The number of nitrogens with zero attached hydrogens (tertiary/aromatic N) is 1. The van der Waals surface area contributed by atoms with E-state index in [0.29, 0.717) is 12.1 Å². The lowest BCUT2D eigenvalue weighted by Gasteiger charge is -2.14. The maximum absolute atomic E-state index is 11.0. The molecule has 1 aliphatic rings. The Balaban J connectivity index is 1.48. The third-order valence-electron chi connectivity index (χ3n) is 4.46. The minimum atomic E-state index is -0.884. The van der Waals surface area contributed by atoms with Crippen LogP contribution in [-0.4, -0.2) is 29.1 Å². The van der Waals surface area contributed by atoms with Crippen LogP contribution in [0.1, 0.15) is 39.9 Å². The van der Waals surface area contributed by atoms with Gasteiger partial charge >= 0.3 is 5.97 Å². The normalized spacial score (nSPS) is 14.8. The molecule has 0 radical (unpaired) electrons. The predicted octanol–water partition coefficient (Wildman–Crippen LogP) is 3.27. The molecular formula is C20H24N2O2. The minimum Gasteiger partial charge on any atom is -0.478 e. The van der Waals surface area contributed by atoms with Crippen molar-refractivity contribution in [2.45, 2.75) is 32.5 Å². The molecule has 1 aliphatic heterocycles. The van der Waals surface area contributed by atoms with Crippen molar-refractivity contribution >= 4 is 5.97 Å². The van der Waals surface area contributed by atoms with Crippen molar-refractivity contribution in [3.8, 4) is 0 Å². The van der Waals surface area contributed by atoms with Gasteiger partial charge < -0.3 is 10.4 Å². The zero-order chi connectivity index (χ0) is 16.8. The van der Waals surface area contributed by atoms with E-state index in [1.54, 1.807) is 18.2 Å². The first-order chi connectivity index (χ1) is 11.7. The molecule has 0 atom stereocenters. The lowest BCUT2D eigenvalue weighted by molar-refractivity contribution is 0.0696. The molecule has 4 heteroatoms. The summed E-state index contributed by atoms with van der Waals surface area (Å²) >= 11 is 0. The van der Waals surface area contributed by atoms with Crippen LogP contribution in [0.5, 0.6) is 0 Å². The molecule has 24 heavy (non-hydrogen) atoms. The third kappa shape index (κ3) is 4.66. The van der Waals surface area contributed by atoms with Gasteiger partial charge in [-0.25, -0.2) is 4.79 Å². The smallest absolute Gasteiger partial charge is 0.335 e. The lowest BCUT2D eigenvalue weighted by atomic mass is 10.1. The van der Waals surface area contributed by atoms with Crippen molar-refractivity contribution in [1.29, 1.82) is 0 Å². The summed E-state index contributed by atoms with van der Waals surface area (Å²) in [4.78, 5) is 13.5. The molecule has 1 fully saturated rings. The molecule has 1 saturated heterocycles. The van der Waals surface area contributed by atoms with E-state index in [1.807, 2.05) is 6.07 Å². The fraction of sp³-hybridized carbons (Fsp3) is 0.350. The molecule has 0 amide bonds. The SMILES string of the molecule is O=C(O)c1cccc(CNCc2ccc(CN3CCCC3)cc2)c1. The topological polar surface area (TPSA) is 52.6 Å². The van der Waals surface area contributed by atoms with E-state index in [4.69, 9.17) is 5.11 Å². The summed E-state index contributed by atoms with van der Waals surface area (Å²) in [6.45, 7) is 4.94. The number of carboxylic acids is 1. The quantitative estimate of drug-likeness (QED) is 0.821. The first kappa shape index (κ1) is 16.7. The summed E-state index contributed by atoms with van der Waals surface area (Å²) in [5.74, 6) is -0.884. The van der Waals surface area contributed by atoms with Crippen LogP contribution >= 0.6 is 0 Å². The number of hydrogen-bond donors (Lipinski definition) is 2. The largest absolute Gasteiger partial charge is 0.478 e. The monoisotopic (exact) mass is 324 g/mol. The number of rotatable bonds is 7. The van der Waals surface area contributed by atoms with Gasteiger partial charge in [0.25, 0.3) is 0 Å². The summed E-state index contributed by atoms with van der Waals surface area (Å²) in [6.07, 6.45) is 2.65. The Bertz CT molecular complexity index is 676. The molecule has 4 nitrogen and oxygen atoms in total. The molecule has 1 heterocycles. The molecule has 0 bridgehead atoms. The zero-order valence-electron chi connectivity index (χ0n) is 13.9. The Kier molecular flexibility index (Phi) is 5.62. The van der Waals surface area contributed by atoms with Crippen LogP contribution in [0.4, 0.5) is 0 Å². The fourth-order valence-corrected chi connectivity index (χ4v) is 3.13. The highest BCUT2D eigenvalue weighted by atomic mass is 16.4. The molecule has 2 aromatic carbocycles. The van der Waals surface area contributed by atoms with Crippen LogP contribution in [0, 0.1) is 0 Å². The third-order valence-corrected chi connectivity index (χ3v) is 4.46. The van der Waals surface area contributed by atoms with Crippen molar-refractivity contribution in [3.63, 3.8) is 0 Å². The van der Waals surface area contributed by atoms with Gasteiger partial charge in [0.1, 0.15) is 0 Å². The van der Waals surface area contributed by atoms with Gasteiger partial charge in [-0.1, -0.05) is 36.4 Å². The van der Waals surface area contributed by atoms with E-state index in [-0.39, 0.29) is 0 Å². The van der Waals surface area contributed by atoms with Gasteiger partial charge in [-0.05, 0) is 54.8 Å². The van der Waals surface area contributed by atoms with Crippen molar-refractivity contribution in [1.82, 2.24) is 10.2 Å². The first-order valence-electron chi connectivity index (χ1n) is 8.54. The van der Waals surface area contributed by atoms with E-state index in [9.17, 15) is 4.79 Å². The molecule has 0 saturated carbocycles. The zero-order valence-corrected chi connectivity index (χ0v) is 13.9. The van der Waals surface area contributed by atoms with Crippen LogP contribution in [-0.2, 0) is 19.6 Å². The highest BCUT2D eigenvalue weighted by molar-refractivity contribution is 5.87. The van der Waals surface area contributed by atoms with Gasteiger partial charge in [-0.3, -0.25) is 4.90 Å². The molecule has 2 aromatic rings. The van der Waals surface area contributed by atoms with E-state index in [2.05, 4.69) is 34.5 Å². The fourth-order valence-electron chi connectivity index (χ4n) is 3.13. The predicted molar refractivity (Wildman–Crippen MR) is 94.9 cm³/mol. The van der Waals surface area contributed by atoms with Gasteiger partial charge in [-0.2, -0.15) is 0 Å². The van der Waals surface area contributed by atoms with Crippen LogP contribution in [0.2, 0.25) is 0 Å². The molecule has 0 spiro atoms. The number of hydrogen-bond acceptors (Lipinski definition) is 3. The number of carboxylic acid groups (broad SMARTS) is 1. The minimum absolute atomic E-state index is 0.334. The van der Waals surface area contributed by atoms with Gasteiger partial charge in [0.15, 0.2) is 0 Å². The van der Waals surface area contributed by atoms with Crippen molar-refractivity contribution < 1.29 is 9.90 Å². The Morgan fingerprint density at radius 1 is 0.958 bits per heavy atom. The Hall–Kier alpha value is -2.17. The van der Waals surface area contributed by atoms with Gasteiger partial charge in [0.2, 0.25) is 0 Å². The van der Waals surface area contributed by atoms with Gasteiger partial charge in [0.05, 0.1) is 5.56 Å². The van der Waals surface area contributed by atoms with E-state index >= 15 is 0 Å². The molecule has 3 rings (SSSR count). The summed E-state index contributed by atoms with van der Waals surface area (Å²) < 4.78 is 0. The van der Waals surface area contributed by atoms with Gasteiger partial charge in [-0.15, -0.1) is 0 Å². The Morgan fingerprint density at radius 3 is 2.33 bits per heavy atom. The van der Waals surface area contributed by atoms with Crippen LogP contribution in [0.3, 0.4) is 0 Å². The number of nitrogens with one attached hydrogen (secondary N) is 1. The highest BCUT2D eigenvalue weighted by Gasteiger charge is 2.11. The van der Waals surface area contributed by atoms with Gasteiger partial charge in [0, 0.05) is 19.6 Å². The van der Waals surface area contributed by atoms with E-state index < -0.39 is 5.97 Å². The standard InChI is InChI=1S/C20H24N2O2/c23-20(24)19-5-3-4-18(12-19)14-21-13-16-6-8-17(9-7-16)15-22-10-1-2-11-22/h3-9,12,21H,1-2,10-11,13-15H2,(H,23,24). The highest BCUT2D eigenvalue weighted by Crippen LogP contribution is 2.13. The number of carbonyl (C=O) groups is 1. The number of likely N-dealkylation sites (tertiary alicyclic amines) is 1. The van der Waals surface area contributed by atoms with E-state index in [0.717, 1.165) is 18.7 Å². The lowest BCUT2D eigenvalue weighted by Crippen LogP contribution is -2.18. The summed E-state index contributed by atoms with van der Waals surface area (Å²) in [5.41, 5.74) is 3.94. The molecular weight excluding hydrogens is 300 g/mol.